The van der Waals surface area contributed by atoms with Gasteiger partial charge in [0, 0.05) is 28.6 Å². The lowest BCUT2D eigenvalue weighted by Crippen LogP contribution is -2.61. The third-order valence-electron chi connectivity index (χ3n) is 12.5. The van der Waals surface area contributed by atoms with Crippen molar-refractivity contribution in [3.63, 3.8) is 0 Å². The maximum atomic E-state index is 14.7. The summed E-state index contributed by atoms with van der Waals surface area (Å²) in [5, 5.41) is 2.80. The van der Waals surface area contributed by atoms with Gasteiger partial charge in [0.05, 0.1) is 35.5 Å². The summed E-state index contributed by atoms with van der Waals surface area (Å²) in [5.74, 6) is 0.271. The molecule has 0 bridgehead atoms. The van der Waals surface area contributed by atoms with E-state index in [-0.39, 0.29) is 37.4 Å². The molecule has 14 heteroatoms. The molecule has 0 spiro atoms. The van der Waals surface area contributed by atoms with Crippen LogP contribution in [-0.2, 0) is 49.2 Å². The summed E-state index contributed by atoms with van der Waals surface area (Å²) in [4.78, 5) is 71.7. The van der Waals surface area contributed by atoms with E-state index < -0.39 is 89.3 Å². The summed E-state index contributed by atoms with van der Waals surface area (Å²) in [5.41, 5.74) is -1.51. The first-order valence-electron chi connectivity index (χ1n) is 21.1. The van der Waals surface area contributed by atoms with Gasteiger partial charge in [0.1, 0.15) is 24.4 Å². The highest BCUT2D eigenvalue weighted by molar-refractivity contribution is 9.10. The summed E-state index contributed by atoms with van der Waals surface area (Å²) in [6.07, 6.45) is -4.19. The molecule has 0 radical (unpaired) electrons. The predicted molar refractivity (Wildman–Crippen MR) is 230 cm³/mol. The molecule has 61 heavy (non-hydrogen) atoms. The van der Waals surface area contributed by atoms with Gasteiger partial charge in [-0.1, -0.05) is 85.8 Å². The number of halogens is 1. The zero-order valence-electron chi connectivity index (χ0n) is 36.9. The van der Waals surface area contributed by atoms with E-state index >= 15 is 0 Å². The first kappa shape index (κ1) is 47.9. The van der Waals surface area contributed by atoms with Crippen LogP contribution in [0.15, 0.2) is 59.1 Å². The van der Waals surface area contributed by atoms with Gasteiger partial charge in [0.25, 0.3) is 0 Å². The minimum absolute atomic E-state index is 0.0367. The van der Waals surface area contributed by atoms with Crippen LogP contribution in [0.2, 0.25) is 0 Å². The standard InChI is InChI=1S/C47H61BrN2O11/c1-11-36-47(8)40(49-45(55)61-47)29(4)37(51)27(2)26-46(7,56-24-16-15-17-32-20-22-34(48)23-21-32)41(30(5)38(52)31(6)42(53)58-36)60-44-39(35(50(9)10)25-28(3)57-44)59-43(54)33-18-13-12-14-19-33/h12-14,18-23,27-31,35-36,39-41,44H,11,17,24-26H2,1-10H3,(H,49,55)/t27-,28-,29+,30+,31-,35+,36-,39-,40-,41-,44+,46-,47-/m1/s1. The van der Waals surface area contributed by atoms with Crippen LogP contribution < -0.4 is 5.32 Å². The van der Waals surface area contributed by atoms with Gasteiger partial charge in [-0.05, 0) is 90.9 Å². The van der Waals surface area contributed by atoms with Gasteiger partial charge in [-0.2, -0.15) is 0 Å². The zero-order valence-corrected chi connectivity index (χ0v) is 38.5. The number of hydrogen-bond acceptors (Lipinski definition) is 12. The second-order valence-corrected chi connectivity index (χ2v) is 18.3. The molecule has 3 saturated heterocycles. The molecule has 3 fully saturated rings. The lowest BCUT2D eigenvalue weighted by molar-refractivity contribution is -0.295. The summed E-state index contributed by atoms with van der Waals surface area (Å²) < 4.78 is 39.2. The van der Waals surface area contributed by atoms with E-state index in [1.165, 1.54) is 6.92 Å². The fourth-order valence-corrected chi connectivity index (χ4v) is 9.29. The van der Waals surface area contributed by atoms with Gasteiger partial charge < -0.3 is 38.6 Å². The van der Waals surface area contributed by atoms with Crippen LogP contribution in [0.4, 0.5) is 4.79 Å². The third kappa shape index (κ3) is 11.1. The molecule has 5 rings (SSSR count). The molecule has 3 aliphatic rings. The van der Waals surface area contributed by atoms with E-state index in [2.05, 4.69) is 33.1 Å². The second kappa shape index (κ2) is 20.4. The van der Waals surface area contributed by atoms with E-state index in [4.69, 9.17) is 28.4 Å². The number of esters is 2. The van der Waals surface area contributed by atoms with E-state index in [0.29, 0.717) is 18.4 Å². The van der Waals surface area contributed by atoms with Crippen LogP contribution in [0.3, 0.4) is 0 Å². The number of ether oxygens (including phenoxy) is 6. The van der Waals surface area contributed by atoms with Gasteiger partial charge in [0.15, 0.2) is 23.8 Å². The lowest BCUT2D eigenvalue weighted by Gasteiger charge is -2.48. The SMILES string of the molecule is CC[C@H]1OC(=O)[C@H](C)C(=O)[C@H](C)[C@@H](O[C@@H]2O[C@H](C)C[C@H](N(C)C)[C@H]2OC(=O)c2ccccc2)[C@](C)(OCC#CCc2ccc(Br)cc2)C[C@@H](C)C(=O)[C@H](C)[C@H]2NC(=O)O[C@@]21C. The number of likely N-dealkylation sites (N-methyl/N-ethyl adjacent to an activating group) is 1. The van der Waals surface area contributed by atoms with Crippen molar-refractivity contribution in [2.75, 3.05) is 20.7 Å². The quantitative estimate of drug-likeness (QED) is 0.123. The monoisotopic (exact) mass is 908 g/mol. The Hall–Kier alpha value is -4.13. The van der Waals surface area contributed by atoms with Gasteiger partial charge in [0.2, 0.25) is 0 Å². The van der Waals surface area contributed by atoms with Crippen LogP contribution >= 0.6 is 15.9 Å². The van der Waals surface area contributed by atoms with Crippen molar-refractivity contribution < 1.29 is 52.4 Å². The molecular formula is C47H61BrN2O11. The average molecular weight is 910 g/mol. The van der Waals surface area contributed by atoms with Crippen LogP contribution in [0.5, 0.6) is 0 Å². The number of hydrogen-bond donors (Lipinski definition) is 1. The molecule has 3 heterocycles. The molecular weight excluding hydrogens is 848 g/mol. The van der Waals surface area contributed by atoms with Gasteiger partial charge >= 0.3 is 18.0 Å². The number of amides is 1. The highest BCUT2D eigenvalue weighted by atomic mass is 79.9. The Morgan fingerprint density at radius 2 is 1.61 bits per heavy atom. The van der Waals surface area contributed by atoms with Crippen molar-refractivity contribution in [1.82, 2.24) is 10.2 Å². The number of Topliss-reactive ketones (excluding diaryl/α,β-unsaturated/α-hetero) is 2. The first-order chi connectivity index (χ1) is 28.8. The number of ketones is 2. The molecule has 0 aliphatic carbocycles. The highest BCUT2D eigenvalue weighted by Crippen LogP contribution is 2.41. The Morgan fingerprint density at radius 1 is 0.934 bits per heavy atom. The molecule has 3 aliphatic heterocycles. The van der Waals surface area contributed by atoms with Crippen molar-refractivity contribution in [1.29, 1.82) is 0 Å². The van der Waals surface area contributed by atoms with E-state index in [1.54, 1.807) is 71.9 Å². The third-order valence-corrected chi connectivity index (χ3v) is 13.0. The van der Waals surface area contributed by atoms with Crippen LogP contribution in [0.1, 0.15) is 90.6 Å². The number of fused-ring (bicyclic) bond motifs is 1. The van der Waals surface area contributed by atoms with Crippen molar-refractivity contribution in [2.45, 2.75) is 135 Å². The zero-order chi connectivity index (χ0) is 44.8. The molecule has 2 aromatic rings. The molecule has 13 atom stereocenters. The molecule has 1 N–H and O–H groups in total. The fourth-order valence-electron chi connectivity index (χ4n) is 9.02. The van der Waals surface area contributed by atoms with Crippen LogP contribution in [0, 0.1) is 35.5 Å². The summed E-state index contributed by atoms with van der Waals surface area (Å²) in [6, 6.07) is 15.2. The topological polar surface area (TPSA) is 156 Å². The maximum Gasteiger partial charge on any atom is 0.408 e. The molecule has 0 unspecified atom stereocenters. The Balaban J connectivity index is 1.59. The number of nitrogens with one attached hydrogen (secondary N) is 1. The van der Waals surface area contributed by atoms with Gasteiger partial charge in [-0.15, -0.1) is 0 Å². The summed E-state index contributed by atoms with van der Waals surface area (Å²) in [6.45, 7) is 13.6. The highest BCUT2D eigenvalue weighted by Gasteiger charge is 2.57. The van der Waals surface area contributed by atoms with Crippen molar-refractivity contribution in [3.8, 4) is 11.8 Å². The summed E-state index contributed by atoms with van der Waals surface area (Å²) >= 11 is 3.46. The normalized spacial score (nSPS) is 34.9. The Labute approximate surface area is 368 Å². The van der Waals surface area contributed by atoms with Crippen LogP contribution in [0.25, 0.3) is 0 Å². The number of nitrogens with zero attached hydrogens (tertiary/aromatic N) is 1. The molecule has 13 nitrogen and oxygen atoms in total. The van der Waals surface area contributed by atoms with E-state index in [9.17, 15) is 24.0 Å². The molecule has 0 saturated carbocycles. The van der Waals surface area contributed by atoms with Crippen molar-refractivity contribution in [2.24, 2.45) is 23.7 Å². The molecule has 2 aromatic carbocycles. The number of carbonyl (C=O) groups excluding carboxylic acids is 5. The van der Waals surface area contributed by atoms with Crippen molar-refractivity contribution >= 4 is 45.5 Å². The average Bonchev–Trinajstić information content (AvgIpc) is 3.55. The minimum Gasteiger partial charge on any atom is -0.458 e. The van der Waals surface area contributed by atoms with E-state index in [0.717, 1.165) is 10.0 Å². The number of rotatable bonds is 9. The Bertz CT molecular complexity index is 1950. The number of benzene rings is 2. The molecule has 0 aromatic heterocycles. The first-order valence-corrected chi connectivity index (χ1v) is 21.9. The van der Waals surface area contributed by atoms with Gasteiger partial charge in [-0.25, -0.2) is 9.59 Å². The summed E-state index contributed by atoms with van der Waals surface area (Å²) in [7, 11) is 3.76. The molecule has 332 valence electrons. The largest absolute Gasteiger partial charge is 0.458 e. The van der Waals surface area contributed by atoms with Crippen molar-refractivity contribution in [3.05, 3.63) is 70.2 Å². The maximum absolute atomic E-state index is 14.7. The number of alkyl carbamates (subject to hydrolysis) is 1. The number of carbonyl (C=O) groups is 5. The Morgan fingerprint density at radius 3 is 2.25 bits per heavy atom. The van der Waals surface area contributed by atoms with E-state index in [1.807, 2.05) is 50.2 Å². The predicted octanol–water partition coefficient (Wildman–Crippen LogP) is 6.72. The minimum atomic E-state index is -1.44. The van der Waals surface area contributed by atoms with Crippen LogP contribution in [-0.4, -0.2) is 109 Å². The Kier molecular flexibility index (Phi) is 16.0. The number of cyclic esters (lactones) is 1. The smallest absolute Gasteiger partial charge is 0.408 e. The van der Waals surface area contributed by atoms with Gasteiger partial charge in [-0.3, -0.25) is 14.4 Å². The lowest BCUT2D eigenvalue weighted by atomic mass is 9.73. The second-order valence-electron chi connectivity index (χ2n) is 17.4. The fraction of sp³-hybridized carbons (Fsp3) is 0.596. The molecule has 1 amide bonds.